The minimum absolute atomic E-state index is 0.0471. The predicted octanol–water partition coefficient (Wildman–Crippen LogP) is 5.98. The molecule has 0 fully saturated rings. The van der Waals surface area contributed by atoms with Crippen LogP contribution in [0, 0.1) is 0 Å². The lowest BCUT2D eigenvalue weighted by atomic mass is 10.2. The maximum Gasteiger partial charge on any atom is 0.261 e. The van der Waals surface area contributed by atoms with Crippen LogP contribution >= 0.6 is 11.6 Å². The molecule has 7 nitrogen and oxygen atoms in total. The van der Waals surface area contributed by atoms with Gasteiger partial charge in [-0.1, -0.05) is 48.0 Å². The summed E-state index contributed by atoms with van der Waals surface area (Å²) in [7, 11) is -2.53. The van der Waals surface area contributed by atoms with Crippen molar-refractivity contribution < 1.29 is 22.7 Å². The van der Waals surface area contributed by atoms with Crippen molar-refractivity contribution >= 4 is 38.9 Å². The van der Waals surface area contributed by atoms with E-state index in [2.05, 4.69) is 10.0 Å². The monoisotopic (exact) mass is 522 g/mol. The van der Waals surface area contributed by atoms with Crippen LogP contribution in [0.3, 0.4) is 0 Å². The second-order valence-corrected chi connectivity index (χ2v) is 9.85. The summed E-state index contributed by atoms with van der Waals surface area (Å²) >= 11 is 5.97. The van der Waals surface area contributed by atoms with E-state index in [4.69, 9.17) is 21.1 Å². The first-order valence-electron chi connectivity index (χ1n) is 10.9. The molecule has 0 aliphatic carbocycles. The minimum atomic E-state index is -3.95. The summed E-state index contributed by atoms with van der Waals surface area (Å²) in [5, 5.41) is 3.09. The molecule has 0 aliphatic rings. The number of anilines is 2. The summed E-state index contributed by atoms with van der Waals surface area (Å²) in [6, 6.07) is 26.9. The van der Waals surface area contributed by atoms with Crippen molar-refractivity contribution in [1.29, 1.82) is 0 Å². The third-order valence-electron chi connectivity index (χ3n) is 5.17. The largest absolute Gasteiger partial charge is 0.495 e. The molecule has 0 atom stereocenters. The molecule has 9 heteroatoms. The first-order chi connectivity index (χ1) is 17.3. The second kappa shape index (κ2) is 11.2. The highest BCUT2D eigenvalue weighted by Crippen LogP contribution is 2.29. The molecule has 0 radical (unpaired) electrons. The number of hydrogen-bond donors (Lipinski definition) is 2. The van der Waals surface area contributed by atoms with Gasteiger partial charge in [0.1, 0.15) is 18.1 Å². The minimum Gasteiger partial charge on any atom is -0.495 e. The van der Waals surface area contributed by atoms with E-state index in [0.717, 1.165) is 5.56 Å². The number of ether oxygens (including phenoxy) is 2. The van der Waals surface area contributed by atoms with Crippen molar-refractivity contribution in [2.45, 2.75) is 11.5 Å². The third kappa shape index (κ3) is 6.35. The Bertz CT molecular complexity index is 1460. The highest BCUT2D eigenvalue weighted by molar-refractivity contribution is 7.92. The van der Waals surface area contributed by atoms with Crippen LogP contribution in [0.25, 0.3) is 0 Å². The number of nitrogens with one attached hydrogen (secondary N) is 2. The van der Waals surface area contributed by atoms with Gasteiger partial charge in [0.25, 0.3) is 15.9 Å². The SMILES string of the molecule is COc1ccc(S(=O)(=O)Nc2ccc(OCc3ccccc3)cc2)cc1NC(=O)c1cccc(Cl)c1. The van der Waals surface area contributed by atoms with Gasteiger partial charge in [0.15, 0.2) is 0 Å². The molecule has 0 spiro atoms. The van der Waals surface area contributed by atoms with E-state index in [0.29, 0.717) is 34.4 Å². The number of benzene rings is 4. The van der Waals surface area contributed by atoms with Crippen LogP contribution in [0.1, 0.15) is 15.9 Å². The molecular formula is C27H23ClN2O5S. The first kappa shape index (κ1) is 25.1. The van der Waals surface area contributed by atoms with Gasteiger partial charge in [-0.2, -0.15) is 0 Å². The lowest BCUT2D eigenvalue weighted by Gasteiger charge is -2.14. The fourth-order valence-corrected chi connectivity index (χ4v) is 4.63. The summed E-state index contributed by atoms with van der Waals surface area (Å²) in [6.45, 7) is 0.404. The molecule has 184 valence electrons. The average Bonchev–Trinajstić information content (AvgIpc) is 2.88. The molecule has 4 rings (SSSR count). The number of methoxy groups -OCH3 is 1. The Kier molecular flexibility index (Phi) is 7.77. The molecule has 0 saturated carbocycles. The zero-order chi connectivity index (χ0) is 25.5. The Morgan fingerprint density at radius 2 is 1.64 bits per heavy atom. The quantitative estimate of drug-likeness (QED) is 0.282. The maximum absolute atomic E-state index is 13.0. The Balaban J connectivity index is 1.47. The second-order valence-electron chi connectivity index (χ2n) is 7.73. The maximum atomic E-state index is 13.0. The molecule has 0 heterocycles. The van der Waals surface area contributed by atoms with Crippen LogP contribution in [0.5, 0.6) is 11.5 Å². The number of carbonyl (C=O) groups is 1. The molecular weight excluding hydrogens is 500 g/mol. The molecule has 0 bridgehead atoms. The van der Waals surface area contributed by atoms with Crippen molar-refractivity contribution in [3.63, 3.8) is 0 Å². The lowest BCUT2D eigenvalue weighted by Crippen LogP contribution is -2.15. The van der Waals surface area contributed by atoms with Gasteiger partial charge in [0.2, 0.25) is 0 Å². The van der Waals surface area contributed by atoms with Gasteiger partial charge in [0.05, 0.1) is 17.7 Å². The highest BCUT2D eigenvalue weighted by Gasteiger charge is 2.18. The highest BCUT2D eigenvalue weighted by atomic mass is 35.5. The number of rotatable bonds is 9. The van der Waals surface area contributed by atoms with Crippen molar-refractivity contribution in [2.75, 3.05) is 17.1 Å². The van der Waals surface area contributed by atoms with Crippen LogP contribution in [0.15, 0.2) is 102 Å². The van der Waals surface area contributed by atoms with Crippen LogP contribution in [-0.2, 0) is 16.6 Å². The third-order valence-corrected chi connectivity index (χ3v) is 6.79. The van der Waals surface area contributed by atoms with Gasteiger partial charge in [-0.3, -0.25) is 9.52 Å². The number of halogens is 1. The molecule has 1 amide bonds. The molecule has 36 heavy (non-hydrogen) atoms. The van der Waals surface area contributed by atoms with E-state index in [1.165, 1.54) is 31.4 Å². The van der Waals surface area contributed by atoms with Crippen molar-refractivity contribution in [3.05, 3.63) is 113 Å². The fourth-order valence-electron chi connectivity index (χ4n) is 3.35. The molecule has 4 aromatic carbocycles. The van der Waals surface area contributed by atoms with E-state index in [-0.39, 0.29) is 10.6 Å². The Hall–Kier alpha value is -4.01. The number of carbonyl (C=O) groups excluding carboxylic acids is 1. The van der Waals surface area contributed by atoms with Gasteiger partial charge < -0.3 is 14.8 Å². The van der Waals surface area contributed by atoms with Crippen LogP contribution in [0.4, 0.5) is 11.4 Å². The summed E-state index contributed by atoms with van der Waals surface area (Å²) in [4.78, 5) is 12.6. The molecule has 0 aliphatic heterocycles. The predicted molar refractivity (Wildman–Crippen MR) is 140 cm³/mol. The Labute approximate surface area is 214 Å². The van der Waals surface area contributed by atoms with Gasteiger partial charge in [-0.25, -0.2) is 8.42 Å². The van der Waals surface area contributed by atoms with Gasteiger partial charge in [0, 0.05) is 16.3 Å². The molecule has 2 N–H and O–H groups in total. The standard InChI is InChI=1S/C27H23ClN2O5S/c1-34-26-15-14-24(17-25(26)29-27(31)20-8-5-9-21(28)16-20)36(32,33)30-22-10-12-23(13-11-22)35-18-19-6-3-2-4-7-19/h2-17,30H,18H2,1H3,(H,29,31). The van der Waals surface area contributed by atoms with Crippen LogP contribution in [0.2, 0.25) is 5.02 Å². The topological polar surface area (TPSA) is 93.7 Å². The lowest BCUT2D eigenvalue weighted by molar-refractivity contribution is 0.102. The average molecular weight is 523 g/mol. The molecule has 4 aromatic rings. The summed E-state index contributed by atoms with van der Waals surface area (Å²) in [5.74, 6) is 0.464. The van der Waals surface area contributed by atoms with Gasteiger partial charge in [-0.05, 0) is 66.2 Å². The zero-order valence-electron chi connectivity index (χ0n) is 19.3. The van der Waals surface area contributed by atoms with E-state index < -0.39 is 15.9 Å². The van der Waals surface area contributed by atoms with Gasteiger partial charge >= 0.3 is 0 Å². The number of sulfonamides is 1. The van der Waals surface area contributed by atoms with E-state index in [1.807, 2.05) is 30.3 Å². The first-order valence-corrected chi connectivity index (χ1v) is 12.7. The van der Waals surface area contributed by atoms with Crippen molar-refractivity contribution in [2.24, 2.45) is 0 Å². The van der Waals surface area contributed by atoms with Gasteiger partial charge in [-0.15, -0.1) is 0 Å². The van der Waals surface area contributed by atoms with Crippen LogP contribution < -0.4 is 19.5 Å². The van der Waals surface area contributed by atoms with Crippen LogP contribution in [-0.4, -0.2) is 21.4 Å². The smallest absolute Gasteiger partial charge is 0.261 e. The van der Waals surface area contributed by atoms with Crippen molar-refractivity contribution in [1.82, 2.24) is 0 Å². The molecule has 0 saturated heterocycles. The summed E-state index contributed by atoms with van der Waals surface area (Å²) in [6.07, 6.45) is 0. The Morgan fingerprint density at radius 3 is 2.33 bits per heavy atom. The number of amides is 1. The van der Waals surface area contributed by atoms with E-state index >= 15 is 0 Å². The number of hydrogen-bond acceptors (Lipinski definition) is 5. The summed E-state index contributed by atoms with van der Waals surface area (Å²) in [5.41, 5.74) is 1.92. The normalized spacial score (nSPS) is 10.9. The Morgan fingerprint density at radius 1 is 0.889 bits per heavy atom. The zero-order valence-corrected chi connectivity index (χ0v) is 20.8. The molecule has 0 unspecified atom stereocenters. The van der Waals surface area contributed by atoms with E-state index in [1.54, 1.807) is 42.5 Å². The summed E-state index contributed by atoms with van der Waals surface area (Å²) < 4.78 is 39.6. The fraction of sp³-hybridized carbons (Fsp3) is 0.0741. The molecule has 0 aromatic heterocycles. The van der Waals surface area contributed by atoms with Crippen molar-refractivity contribution in [3.8, 4) is 11.5 Å². The van der Waals surface area contributed by atoms with E-state index in [9.17, 15) is 13.2 Å².